The summed E-state index contributed by atoms with van der Waals surface area (Å²) in [6, 6.07) is 10.3. The Kier molecular flexibility index (Phi) is 6.05. The van der Waals surface area contributed by atoms with Crippen molar-refractivity contribution in [2.24, 2.45) is 0 Å². The number of hydrogen-bond acceptors (Lipinski definition) is 4. The molecule has 6 nitrogen and oxygen atoms in total. The summed E-state index contributed by atoms with van der Waals surface area (Å²) in [6.07, 6.45) is 0. The fourth-order valence-electron chi connectivity index (χ4n) is 2.65. The van der Waals surface area contributed by atoms with Gasteiger partial charge in [0, 0.05) is 26.6 Å². The van der Waals surface area contributed by atoms with Crippen molar-refractivity contribution in [2.75, 3.05) is 19.5 Å². The summed E-state index contributed by atoms with van der Waals surface area (Å²) in [4.78, 5) is 11.3. The lowest BCUT2D eigenvalue weighted by molar-refractivity contribution is -0.114. The third kappa shape index (κ3) is 4.42. The first-order chi connectivity index (χ1) is 12.1. The zero-order chi connectivity index (χ0) is 19.5. The molecule has 0 unspecified atom stereocenters. The van der Waals surface area contributed by atoms with E-state index >= 15 is 0 Å². The second kappa shape index (κ2) is 7.88. The maximum absolute atomic E-state index is 12.9. The van der Waals surface area contributed by atoms with Crippen molar-refractivity contribution in [2.45, 2.75) is 32.2 Å². The van der Waals surface area contributed by atoms with Gasteiger partial charge in [-0.3, -0.25) is 4.79 Å². The lowest BCUT2D eigenvalue weighted by Crippen LogP contribution is -2.27. The van der Waals surface area contributed by atoms with Crippen molar-refractivity contribution in [3.63, 3.8) is 0 Å². The minimum absolute atomic E-state index is 0.107. The molecule has 2 aromatic rings. The molecular formula is C19H24N2O4S. The van der Waals surface area contributed by atoms with Crippen LogP contribution in [0.4, 0.5) is 5.69 Å². The van der Waals surface area contributed by atoms with Gasteiger partial charge in [0.25, 0.3) is 0 Å². The van der Waals surface area contributed by atoms with Crippen molar-refractivity contribution < 1.29 is 17.9 Å². The maximum atomic E-state index is 12.9. The molecule has 0 saturated carbocycles. The van der Waals surface area contributed by atoms with E-state index in [-0.39, 0.29) is 17.3 Å². The van der Waals surface area contributed by atoms with Crippen LogP contribution in [0.1, 0.15) is 23.6 Å². The van der Waals surface area contributed by atoms with Crippen LogP contribution in [0.15, 0.2) is 41.3 Å². The Hall–Kier alpha value is -2.38. The Morgan fingerprint density at radius 2 is 1.85 bits per heavy atom. The van der Waals surface area contributed by atoms with Gasteiger partial charge in [-0.2, -0.15) is 4.31 Å². The second-order valence-corrected chi connectivity index (χ2v) is 8.28. The van der Waals surface area contributed by atoms with Crippen molar-refractivity contribution in [1.29, 1.82) is 0 Å². The van der Waals surface area contributed by atoms with Crippen LogP contribution in [0, 0.1) is 13.8 Å². The summed E-state index contributed by atoms with van der Waals surface area (Å²) in [5.74, 6) is 0.0343. The molecule has 0 aromatic heterocycles. The Morgan fingerprint density at radius 3 is 2.42 bits per heavy atom. The molecule has 0 aliphatic rings. The maximum Gasteiger partial charge on any atom is 0.243 e. The van der Waals surface area contributed by atoms with E-state index in [9.17, 15) is 13.2 Å². The van der Waals surface area contributed by atoms with Gasteiger partial charge in [-0.25, -0.2) is 8.42 Å². The van der Waals surface area contributed by atoms with Crippen LogP contribution in [0.2, 0.25) is 0 Å². The number of aryl methyl sites for hydroxylation is 2. The molecular weight excluding hydrogens is 352 g/mol. The molecule has 0 aliphatic heterocycles. The first kappa shape index (κ1) is 19.9. The minimum atomic E-state index is -3.70. The van der Waals surface area contributed by atoms with Crippen LogP contribution in [0.25, 0.3) is 0 Å². The molecule has 0 atom stereocenters. The van der Waals surface area contributed by atoms with E-state index in [0.717, 1.165) is 16.7 Å². The van der Waals surface area contributed by atoms with E-state index in [1.807, 2.05) is 32.0 Å². The van der Waals surface area contributed by atoms with Gasteiger partial charge in [0.1, 0.15) is 5.75 Å². The van der Waals surface area contributed by atoms with Crippen LogP contribution in [-0.4, -0.2) is 32.8 Å². The van der Waals surface area contributed by atoms with Gasteiger partial charge < -0.3 is 10.1 Å². The SMILES string of the molecule is COc1cc(S(=O)(=O)N(C)Cc2ccc(C)cc2C)ccc1NC(C)=O. The molecule has 1 amide bonds. The van der Waals surface area contributed by atoms with E-state index in [2.05, 4.69) is 5.32 Å². The van der Waals surface area contributed by atoms with Gasteiger partial charge in [0.15, 0.2) is 0 Å². The molecule has 2 rings (SSSR count). The van der Waals surface area contributed by atoms with Crippen molar-refractivity contribution >= 4 is 21.6 Å². The summed E-state index contributed by atoms with van der Waals surface area (Å²) >= 11 is 0. The number of amides is 1. The average Bonchev–Trinajstić information content (AvgIpc) is 2.56. The number of benzene rings is 2. The van der Waals surface area contributed by atoms with E-state index in [4.69, 9.17) is 4.74 Å². The van der Waals surface area contributed by atoms with Crippen LogP contribution in [0.3, 0.4) is 0 Å². The van der Waals surface area contributed by atoms with Crippen LogP contribution >= 0.6 is 0 Å². The highest BCUT2D eigenvalue weighted by molar-refractivity contribution is 7.89. The fourth-order valence-corrected chi connectivity index (χ4v) is 3.82. The molecule has 140 valence electrons. The molecule has 0 aliphatic carbocycles. The smallest absolute Gasteiger partial charge is 0.243 e. The Balaban J connectivity index is 2.32. The number of sulfonamides is 1. The monoisotopic (exact) mass is 376 g/mol. The highest BCUT2D eigenvalue weighted by Crippen LogP contribution is 2.29. The lowest BCUT2D eigenvalue weighted by atomic mass is 10.1. The average molecular weight is 376 g/mol. The number of nitrogens with one attached hydrogen (secondary N) is 1. The van der Waals surface area contributed by atoms with Crippen LogP contribution < -0.4 is 10.1 Å². The fraction of sp³-hybridized carbons (Fsp3) is 0.316. The van der Waals surface area contributed by atoms with Gasteiger partial charge in [0.2, 0.25) is 15.9 Å². The normalized spacial score (nSPS) is 11.5. The van der Waals surface area contributed by atoms with Gasteiger partial charge in [-0.1, -0.05) is 23.8 Å². The number of nitrogens with zero attached hydrogens (tertiary/aromatic N) is 1. The van der Waals surface area contributed by atoms with Crippen LogP contribution in [0.5, 0.6) is 5.75 Å². The summed E-state index contributed by atoms with van der Waals surface area (Å²) in [6.45, 7) is 5.61. The Labute approximate surface area is 154 Å². The van der Waals surface area contributed by atoms with Crippen LogP contribution in [-0.2, 0) is 21.4 Å². The van der Waals surface area contributed by atoms with Crippen molar-refractivity contribution in [3.8, 4) is 5.75 Å². The summed E-state index contributed by atoms with van der Waals surface area (Å²) in [5, 5.41) is 2.61. The zero-order valence-corrected chi connectivity index (χ0v) is 16.5. The molecule has 7 heteroatoms. The molecule has 0 heterocycles. The van der Waals surface area contributed by atoms with E-state index in [0.29, 0.717) is 11.4 Å². The van der Waals surface area contributed by atoms with E-state index in [1.165, 1.54) is 36.5 Å². The third-order valence-corrected chi connectivity index (χ3v) is 5.88. The first-order valence-electron chi connectivity index (χ1n) is 8.13. The van der Waals surface area contributed by atoms with E-state index in [1.54, 1.807) is 7.05 Å². The summed E-state index contributed by atoms with van der Waals surface area (Å²) < 4.78 is 32.3. The molecule has 0 bridgehead atoms. The predicted molar refractivity (Wildman–Crippen MR) is 102 cm³/mol. The zero-order valence-electron chi connectivity index (χ0n) is 15.7. The third-order valence-electron chi connectivity index (χ3n) is 4.08. The van der Waals surface area contributed by atoms with Gasteiger partial charge in [-0.05, 0) is 37.1 Å². The molecule has 2 aromatic carbocycles. The lowest BCUT2D eigenvalue weighted by Gasteiger charge is -2.19. The summed E-state index contributed by atoms with van der Waals surface area (Å²) in [7, 11) is -0.730. The second-order valence-electron chi connectivity index (χ2n) is 6.23. The minimum Gasteiger partial charge on any atom is -0.495 e. The highest BCUT2D eigenvalue weighted by atomic mass is 32.2. The standard InChI is InChI=1S/C19H24N2O4S/c1-13-6-7-16(14(2)10-13)12-21(4)26(23,24)17-8-9-18(20-15(3)22)19(11-17)25-5/h6-11H,12H2,1-5H3,(H,20,22). The van der Waals surface area contributed by atoms with Crippen molar-refractivity contribution in [3.05, 3.63) is 53.1 Å². The van der Waals surface area contributed by atoms with Gasteiger partial charge >= 0.3 is 0 Å². The Bertz CT molecular complexity index is 923. The topological polar surface area (TPSA) is 75.7 Å². The predicted octanol–water partition coefficient (Wildman–Crippen LogP) is 3.09. The number of ether oxygens (including phenoxy) is 1. The molecule has 0 fully saturated rings. The number of methoxy groups -OCH3 is 1. The summed E-state index contributed by atoms with van der Waals surface area (Å²) in [5.41, 5.74) is 3.56. The molecule has 1 N–H and O–H groups in total. The molecule has 0 spiro atoms. The first-order valence-corrected chi connectivity index (χ1v) is 9.57. The van der Waals surface area contributed by atoms with Gasteiger partial charge in [-0.15, -0.1) is 0 Å². The number of hydrogen-bond donors (Lipinski definition) is 1. The molecule has 26 heavy (non-hydrogen) atoms. The quantitative estimate of drug-likeness (QED) is 0.841. The number of anilines is 1. The van der Waals surface area contributed by atoms with Gasteiger partial charge in [0.05, 0.1) is 17.7 Å². The molecule has 0 saturated heterocycles. The Morgan fingerprint density at radius 1 is 1.15 bits per heavy atom. The number of carbonyl (C=O) groups is 1. The molecule has 0 radical (unpaired) electrons. The van der Waals surface area contributed by atoms with Crippen molar-refractivity contribution in [1.82, 2.24) is 4.31 Å². The van der Waals surface area contributed by atoms with E-state index < -0.39 is 10.0 Å². The number of rotatable bonds is 6. The highest BCUT2D eigenvalue weighted by Gasteiger charge is 2.23. The number of carbonyl (C=O) groups excluding carboxylic acids is 1. The largest absolute Gasteiger partial charge is 0.495 e.